The second-order valence-corrected chi connectivity index (χ2v) is 3.13. The molecule has 0 atom stereocenters. The molecular formula is C8H13O. The van der Waals surface area contributed by atoms with Crippen molar-refractivity contribution in [3.05, 3.63) is 11.6 Å². The van der Waals surface area contributed by atoms with Crippen molar-refractivity contribution in [3.8, 4) is 0 Å². The molecule has 0 bridgehead atoms. The predicted octanol–water partition coefficient (Wildman–Crippen LogP) is 2.31. The molecule has 0 aromatic heterocycles. The van der Waals surface area contributed by atoms with Crippen LogP contribution in [0, 0.1) is 0 Å². The Bertz CT molecular complexity index is 128. The van der Waals surface area contributed by atoms with E-state index in [-0.39, 0.29) is 0 Å². The van der Waals surface area contributed by atoms with E-state index in [4.69, 9.17) is 0 Å². The molecule has 0 aromatic rings. The summed E-state index contributed by atoms with van der Waals surface area (Å²) in [6.45, 7) is 3.48. The summed E-state index contributed by atoms with van der Waals surface area (Å²) in [6.07, 6.45) is 5.41. The molecule has 51 valence electrons. The molecule has 0 saturated carbocycles. The van der Waals surface area contributed by atoms with Gasteiger partial charge in [-0.1, -0.05) is 6.08 Å². The smallest absolute Gasteiger partial charge is 0.119 e. The Balaban J connectivity index is 2.61. The fourth-order valence-electron chi connectivity index (χ4n) is 1.22. The van der Waals surface area contributed by atoms with Gasteiger partial charge in [0.2, 0.25) is 0 Å². The van der Waals surface area contributed by atoms with Crippen LogP contribution in [-0.4, -0.2) is 5.60 Å². The Morgan fingerprint density at radius 3 is 2.44 bits per heavy atom. The van der Waals surface area contributed by atoms with E-state index < -0.39 is 5.60 Å². The Hall–Kier alpha value is -0.300. The van der Waals surface area contributed by atoms with Crippen LogP contribution in [0.15, 0.2) is 11.6 Å². The van der Waals surface area contributed by atoms with Crippen LogP contribution in [0.4, 0.5) is 0 Å². The molecule has 0 saturated heterocycles. The minimum Gasteiger partial charge on any atom is -0.225 e. The van der Waals surface area contributed by atoms with Gasteiger partial charge in [0.05, 0.1) is 0 Å². The van der Waals surface area contributed by atoms with Crippen molar-refractivity contribution in [2.24, 2.45) is 0 Å². The van der Waals surface area contributed by atoms with E-state index in [9.17, 15) is 5.11 Å². The van der Waals surface area contributed by atoms with Crippen LogP contribution in [0.5, 0.6) is 0 Å². The fraction of sp³-hybridized carbons (Fsp3) is 0.750. The van der Waals surface area contributed by atoms with Gasteiger partial charge in [-0.25, -0.2) is 5.11 Å². The molecule has 0 aromatic carbocycles. The quantitative estimate of drug-likeness (QED) is 0.479. The van der Waals surface area contributed by atoms with E-state index in [1.165, 1.54) is 6.42 Å². The monoisotopic (exact) mass is 125 g/mol. The number of hydrogen-bond donors (Lipinski definition) is 0. The van der Waals surface area contributed by atoms with E-state index in [2.05, 4.69) is 6.08 Å². The molecular weight excluding hydrogens is 112 g/mol. The molecule has 0 heterocycles. The van der Waals surface area contributed by atoms with Crippen LogP contribution >= 0.6 is 0 Å². The average molecular weight is 125 g/mol. The largest absolute Gasteiger partial charge is 0.225 e. The van der Waals surface area contributed by atoms with Gasteiger partial charge in [-0.05, 0) is 38.7 Å². The maximum Gasteiger partial charge on any atom is 0.119 e. The first-order valence-corrected chi connectivity index (χ1v) is 3.50. The molecule has 0 fully saturated rings. The van der Waals surface area contributed by atoms with Crippen LogP contribution < -0.4 is 0 Å². The van der Waals surface area contributed by atoms with Crippen molar-refractivity contribution < 1.29 is 5.11 Å². The molecule has 0 aliphatic heterocycles. The van der Waals surface area contributed by atoms with Crippen molar-refractivity contribution in [1.29, 1.82) is 0 Å². The predicted molar refractivity (Wildman–Crippen MR) is 36.7 cm³/mol. The summed E-state index contributed by atoms with van der Waals surface area (Å²) >= 11 is 0. The highest BCUT2D eigenvalue weighted by molar-refractivity contribution is 5.16. The molecule has 1 aliphatic carbocycles. The average Bonchev–Trinajstić information content (AvgIpc) is 2.08. The summed E-state index contributed by atoms with van der Waals surface area (Å²) in [5.41, 5.74) is 0.291. The van der Waals surface area contributed by atoms with Gasteiger partial charge in [-0.2, -0.15) is 0 Å². The molecule has 1 aliphatic rings. The molecule has 1 radical (unpaired) electrons. The molecule has 1 heteroatoms. The van der Waals surface area contributed by atoms with Crippen molar-refractivity contribution in [1.82, 2.24) is 0 Å². The zero-order valence-corrected chi connectivity index (χ0v) is 6.11. The maximum atomic E-state index is 11.2. The maximum absolute atomic E-state index is 11.2. The van der Waals surface area contributed by atoms with Gasteiger partial charge in [-0.15, -0.1) is 0 Å². The molecule has 0 spiro atoms. The molecule has 0 N–H and O–H groups in total. The van der Waals surface area contributed by atoms with Gasteiger partial charge in [0, 0.05) is 0 Å². The van der Waals surface area contributed by atoms with Gasteiger partial charge in [0.25, 0.3) is 0 Å². The van der Waals surface area contributed by atoms with Crippen molar-refractivity contribution >= 4 is 0 Å². The molecule has 1 rings (SSSR count). The SMILES string of the molecule is CC(C)([O])C1=CCCC1. The first kappa shape index (κ1) is 6.81. The van der Waals surface area contributed by atoms with E-state index in [0.717, 1.165) is 18.4 Å². The highest BCUT2D eigenvalue weighted by atomic mass is 16.3. The zero-order chi connectivity index (χ0) is 6.91. The third kappa shape index (κ3) is 1.55. The van der Waals surface area contributed by atoms with Crippen LogP contribution in [0.1, 0.15) is 33.1 Å². The summed E-state index contributed by atoms with van der Waals surface area (Å²) < 4.78 is 0. The lowest BCUT2D eigenvalue weighted by atomic mass is 9.98. The second-order valence-electron chi connectivity index (χ2n) is 3.13. The lowest BCUT2D eigenvalue weighted by Gasteiger charge is -2.14. The first-order valence-electron chi connectivity index (χ1n) is 3.50. The summed E-state index contributed by atoms with van der Waals surface area (Å²) in [6, 6.07) is 0. The summed E-state index contributed by atoms with van der Waals surface area (Å²) in [5.74, 6) is 0. The molecule has 9 heavy (non-hydrogen) atoms. The highest BCUT2D eigenvalue weighted by Crippen LogP contribution is 2.27. The van der Waals surface area contributed by atoms with E-state index >= 15 is 0 Å². The lowest BCUT2D eigenvalue weighted by molar-refractivity contribution is 0.0360. The number of rotatable bonds is 1. The highest BCUT2D eigenvalue weighted by Gasteiger charge is 2.22. The van der Waals surface area contributed by atoms with E-state index in [1.54, 1.807) is 13.8 Å². The van der Waals surface area contributed by atoms with Crippen molar-refractivity contribution in [2.75, 3.05) is 0 Å². The van der Waals surface area contributed by atoms with E-state index in [1.807, 2.05) is 0 Å². The fourth-order valence-corrected chi connectivity index (χ4v) is 1.22. The number of allylic oxidation sites excluding steroid dienone is 1. The second kappa shape index (κ2) is 2.14. The molecule has 0 unspecified atom stereocenters. The third-order valence-electron chi connectivity index (χ3n) is 1.81. The molecule has 1 nitrogen and oxygen atoms in total. The summed E-state index contributed by atoms with van der Waals surface area (Å²) in [7, 11) is 0. The van der Waals surface area contributed by atoms with E-state index in [0.29, 0.717) is 0 Å². The van der Waals surface area contributed by atoms with Crippen molar-refractivity contribution in [2.45, 2.75) is 38.7 Å². The minimum atomic E-state index is -0.809. The molecule has 0 amide bonds. The van der Waals surface area contributed by atoms with Gasteiger partial charge in [0.15, 0.2) is 0 Å². The summed E-state index contributed by atoms with van der Waals surface area (Å²) in [4.78, 5) is 0. The van der Waals surface area contributed by atoms with Gasteiger partial charge < -0.3 is 0 Å². The van der Waals surface area contributed by atoms with Gasteiger partial charge in [0.1, 0.15) is 5.60 Å². The van der Waals surface area contributed by atoms with Crippen LogP contribution in [0.3, 0.4) is 0 Å². The van der Waals surface area contributed by atoms with Gasteiger partial charge >= 0.3 is 0 Å². The first-order chi connectivity index (χ1) is 4.11. The Morgan fingerprint density at radius 2 is 2.22 bits per heavy atom. The Labute approximate surface area is 56.4 Å². The van der Waals surface area contributed by atoms with Crippen molar-refractivity contribution in [3.63, 3.8) is 0 Å². The van der Waals surface area contributed by atoms with Crippen LogP contribution in [0.2, 0.25) is 0 Å². The number of hydrogen-bond acceptors (Lipinski definition) is 0. The zero-order valence-electron chi connectivity index (χ0n) is 6.11. The topological polar surface area (TPSA) is 19.9 Å². The third-order valence-corrected chi connectivity index (χ3v) is 1.81. The van der Waals surface area contributed by atoms with Gasteiger partial charge in [-0.3, -0.25) is 0 Å². The normalized spacial score (nSPS) is 20.1. The summed E-state index contributed by atoms with van der Waals surface area (Å²) in [5, 5.41) is 11.2. The standard InChI is InChI=1S/C8H13O/c1-8(2,9)7-5-3-4-6-7/h5H,3-4,6H2,1-2H3. The minimum absolute atomic E-state index is 0.809. The van der Waals surface area contributed by atoms with Crippen LogP contribution in [0.25, 0.3) is 0 Å². The van der Waals surface area contributed by atoms with Crippen LogP contribution in [-0.2, 0) is 5.11 Å². The Morgan fingerprint density at radius 1 is 1.56 bits per heavy atom. The lowest BCUT2D eigenvalue weighted by Crippen LogP contribution is -2.18. The Kier molecular flexibility index (Phi) is 1.62.